The standard InChI is InChI=1S/C25H31N3O4S/c1-28(22-11-12-24(30)27-25(22)31)14-21-17(15-29)5-4-8-23(21)33-16-20-10-9-19(32-20)13-26-18-6-2-3-7-18/h4-5,8-10,15,18,22,26H,2-3,6-7,11-14,16H2,1H3,(H,27,30,31). The van der Waals surface area contributed by atoms with Gasteiger partial charge in [-0.3, -0.25) is 24.6 Å². The summed E-state index contributed by atoms with van der Waals surface area (Å²) < 4.78 is 6.01. The van der Waals surface area contributed by atoms with Gasteiger partial charge in [-0.1, -0.05) is 25.0 Å². The molecule has 2 heterocycles. The summed E-state index contributed by atoms with van der Waals surface area (Å²) in [5, 5.41) is 5.97. The number of carbonyl (C=O) groups is 3. The Morgan fingerprint density at radius 3 is 2.70 bits per heavy atom. The molecule has 1 aromatic heterocycles. The maximum Gasteiger partial charge on any atom is 0.243 e. The molecule has 2 N–H and O–H groups in total. The predicted octanol–water partition coefficient (Wildman–Crippen LogP) is 3.65. The van der Waals surface area contributed by atoms with Gasteiger partial charge in [0.25, 0.3) is 0 Å². The smallest absolute Gasteiger partial charge is 0.243 e. The molecule has 4 rings (SSSR count). The van der Waals surface area contributed by atoms with E-state index in [1.807, 2.05) is 36.2 Å². The molecule has 8 heteroatoms. The van der Waals surface area contributed by atoms with Gasteiger partial charge in [0.1, 0.15) is 17.8 Å². The van der Waals surface area contributed by atoms with Gasteiger partial charge in [-0.05, 0) is 50.1 Å². The van der Waals surface area contributed by atoms with E-state index < -0.39 is 0 Å². The molecule has 1 aromatic carbocycles. The quantitative estimate of drug-likeness (QED) is 0.312. The normalized spacial score (nSPS) is 19.3. The first kappa shape index (κ1) is 23.7. The highest BCUT2D eigenvalue weighted by Crippen LogP contribution is 2.30. The van der Waals surface area contributed by atoms with E-state index in [0.717, 1.165) is 34.8 Å². The van der Waals surface area contributed by atoms with Gasteiger partial charge < -0.3 is 9.73 Å². The number of carbonyl (C=O) groups excluding carboxylic acids is 3. The number of nitrogens with zero attached hydrogens (tertiary/aromatic N) is 1. The molecule has 0 spiro atoms. The van der Waals surface area contributed by atoms with Gasteiger partial charge in [0, 0.05) is 29.5 Å². The van der Waals surface area contributed by atoms with Crippen LogP contribution in [0, 0.1) is 0 Å². The van der Waals surface area contributed by atoms with Gasteiger partial charge in [0.05, 0.1) is 18.3 Å². The molecule has 0 radical (unpaired) electrons. The van der Waals surface area contributed by atoms with Gasteiger partial charge >= 0.3 is 0 Å². The highest BCUT2D eigenvalue weighted by atomic mass is 32.2. The second-order valence-electron chi connectivity index (χ2n) is 8.84. The molecule has 2 amide bonds. The fraction of sp³-hybridized carbons (Fsp3) is 0.480. The number of rotatable bonds is 10. The van der Waals surface area contributed by atoms with E-state index in [-0.39, 0.29) is 17.9 Å². The molecule has 7 nitrogen and oxygen atoms in total. The topological polar surface area (TPSA) is 91.7 Å². The zero-order valence-electron chi connectivity index (χ0n) is 19.0. The molecule has 1 aliphatic heterocycles. The lowest BCUT2D eigenvalue weighted by Crippen LogP contribution is -2.51. The van der Waals surface area contributed by atoms with Crippen molar-refractivity contribution in [3.05, 3.63) is 53.0 Å². The number of imide groups is 1. The van der Waals surface area contributed by atoms with Crippen LogP contribution in [0.3, 0.4) is 0 Å². The van der Waals surface area contributed by atoms with Crippen LogP contribution in [0.1, 0.15) is 66.0 Å². The van der Waals surface area contributed by atoms with Crippen LogP contribution in [-0.4, -0.2) is 42.1 Å². The number of likely N-dealkylation sites (N-methyl/N-ethyl adjacent to an activating group) is 1. The molecule has 33 heavy (non-hydrogen) atoms. The first-order chi connectivity index (χ1) is 16.0. The highest BCUT2D eigenvalue weighted by Gasteiger charge is 2.30. The average Bonchev–Trinajstić information content (AvgIpc) is 3.48. The number of amides is 2. The largest absolute Gasteiger partial charge is 0.464 e. The Morgan fingerprint density at radius 1 is 1.15 bits per heavy atom. The van der Waals surface area contributed by atoms with E-state index in [0.29, 0.717) is 36.7 Å². The Hall–Kier alpha value is -2.42. The molecular weight excluding hydrogens is 438 g/mol. The molecular formula is C25H31N3O4S. The monoisotopic (exact) mass is 469 g/mol. The van der Waals surface area contributed by atoms with Crippen molar-refractivity contribution in [3.8, 4) is 0 Å². The Balaban J connectivity index is 1.39. The molecule has 2 aliphatic rings. The summed E-state index contributed by atoms with van der Waals surface area (Å²) in [5.74, 6) is 1.98. The number of hydrogen-bond acceptors (Lipinski definition) is 7. The van der Waals surface area contributed by atoms with Crippen molar-refractivity contribution in [2.24, 2.45) is 0 Å². The van der Waals surface area contributed by atoms with E-state index >= 15 is 0 Å². The molecule has 1 saturated heterocycles. The number of nitrogens with one attached hydrogen (secondary N) is 2. The van der Waals surface area contributed by atoms with Gasteiger partial charge in [0.15, 0.2) is 0 Å². The van der Waals surface area contributed by atoms with Crippen molar-refractivity contribution in [1.29, 1.82) is 0 Å². The predicted molar refractivity (Wildman–Crippen MR) is 127 cm³/mol. The van der Waals surface area contributed by atoms with Crippen LogP contribution in [-0.2, 0) is 28.4 Å². The van der Waals surface area contributed by atoms with Crippen LogP contribution in [0.25, 0.3) is 0 Å². The minimum absolute atomic E-state index is 0.231. The number of aldehydes is 1. The molecule has 1 unspecified atom stereocenters. The minimum atomic E-state index is -0.389. The van der Waals surface area contributed by atoms with E-state index in [1.54, 1.807) is 17.8 Å². The maximum atomic E-state index is 12.3. The zero-order chi connectivity index (χ0) is 23.2. The average molecular weight is 470 g/mol. The van der Waals surface area contributed by atoms with E-state index in [4.69, 9.17) is 4.42 Å². The molecule has 176 valence electrons. The molecule has 2 fully saturated rings. The number of piperidine rings is 1. The SMILES string of the molecule is CN(Cc1c(C=O)cccc1SCc1ccc(CNC2CCCC2)o1)C1CCC(=O)NC1=O. The van der Waals surface area contributed by atoms with Crippen molar-refractivity contribution >= 4 is 29.9 Å². The van der Waals surface area contributed by atoms with E-state index in [2.05, 4.69) is 10.6 Å². The summed E-state index contributed by atoms with van der Waals surface area (Å²) in [6.45, 7) is 1.19. The van der Waals surface area contributed by atoms with Crippen molar-refractivity contribution in [3.63, 3.8) is 0 Å². The Labute approximate surface area is 198 Å². The summed E-state index contributed by atoms with van der Waals surface area (Å²) in [6, 6.07) is 9.92. The van der Waals surface area contributed by atoms with Gasteiger partial charge in [-0.2, -0.15) is 0 Å². The third kappa shape index (κ3) is 6.13. The molecule has 1 aliphatic carbocycles. The highest BCUT2D eigenvalue weighted by molar-refractivity contribution is 7.98. The Kier molecular flexibility index (Phi) is 8.01. The third-order valence-electron chi connectivity index (χ3n) is 6.45. The van der Waals surface area contributed by atoms with Crippen LogP contribution >= 0.6 is 11.8 Å². The summed E-state index contributed by atoms with van der Waals surface area (Å²) >= 11 is 1.62. The summed E-state index contributed by atoms with van der Waals surface area (Å²) in [4.78, 5) is 38.4. The molecule has 0 bridgehead atoms. The minimum Gasteiger partial charge on any atom is -0.464 e. The van der Waals surface area contributed by atoms with Gasteiger partial charge in [-0.25, -0.2) is 0 Å². The van der Waals surface area contributed by atoms with Gasteiger partial charge in [-0.15, -0.1) is 11.8 Å². The Morgan fingerprint density at radius 2 is 1.94 bits per heavy atom. The van der Waals surface area contributed by atoms with Crippen molar-refractivity contribution in [2.45, 2.75) is 74.3 Å². The third-order valence-corrected chi connectivity index (χ3v) is 7.58. The van der Waals surface area contributed by atoms with Crippen molar-refractivity contribution in [1.82, 2.24) is 15.5 Å². The maximum absolute atomic E-state index is 12.3. The van der Waals surface area contributed by atoms with E-state index in [9.17, 15) is 14.4 Å². The van der Waals surface area contributed by atoms with Crippen molar-refractivity contribution < 1.29 is 18.8 Å². The van der Waals surface area contributed by atoms with Crippen LogP contribution in [0.5, 0.6) is 0 Å². The first-order valence-corrected chi connectivity index (χ1v) is 12.6. The second kappa shape index (κ2) is 11.1. The zero-order valence-corrected chi connectivity index (χ0v) is 19.8. The lowest BCUT2D eigenvalue weighted by atomic mass is 10.0. The van der Waals surface area contributed by atoms with Crippen LogP contribution < -0.4 is 10.6 Å². The number of furan rings is 1. The van der Waals surface area contributed by atoms with Gasteiger partial charge in [0.2, 0.25) is 11.8 Å². The summed E-state index contributed by atoms with van der Waals surface area (Å²) in [6.07, 6.45) is 6.76. The molecule has 2 aromatic rings. The lowest BCUT2D eigenvalue weighted by Gasteiger charge is -2.30. The fourth-order valence-electron chi connectivity index (χ4n) is 4.58. The number of benzene rings is 1. The summed E-state index contributed by atoms with van der Waals surface area (Å²) in [5.41, 5.74) is 1.50. The fourth-order valence-corrected chi connectivity index (χ4v) is 5.56. The van der Waals surface area contributed by atoms with Crippen LogP contribution in [0.4, 0.5) is 0 Å². The summed E-state index contributed by atoms with van der Waals surface area (Å²) in [7, 11) is 1.85. The molecule has 1 saturated carbocycles. The molecule has 1 atom stereocenters. The number of thioether (sulfide) groups is 1. The van der Waals surface area contributed by atoms with Crippen LogP contribution in [0.15, 0.2) is 39.6 Å². The first-order valence-electron chi connectivity index (χ1n) is 11.6. The second-order valence-corrected chi connectivity index (χ2v) is 9.86. The van der Waals surface area contributed by atoms with Crippen LogP contribution in [0.2, 0.25) is 0 Å². The number of hydrogen-bond donors (Lipinski definition) is 2. The Bertz CT molecular complexity index is 999. The lowest BCUT2D eigenvalue weighted by molar-refractivity contribution is -0.137. The van der Waals surface area contributed by atoms with Crippen molar-refractivity contribution in [2.75, 3.05) is 7.05 Å². The van der Waals surface area contributed by atoms with E-state index in [1.165, 1.54) is 25.7 Å².